The highest BCUT2D eigenvalue weighted by Gasteiger charge is 2.33. The Labute approximate surface area is 128 Å². The lowest BCUT2D eigenvalue weighted by atomic mass is 9.75. The maximum absolute atomic E-state index is 12.6. The molecule has 1 aliphatic heterocycles. The number of nitrogens with two attached hydrogens (primary N) is 1. The van der Waals surface area contributed by atoms with Crippen molar-refractivity contribution < 1.29 is 4.79 Å². The number of amides is 1. The van der Waals surface area contributed by atoms with Crippen LogP contribution in [0.1, 0.15) is 42.5 Å². The molecule has 1 saturated carbocycles. The van der Waals surface area contributed by atoms with Crippen molar-refractivity contribution in [2.24, 2.45) is 11.8 Å². The molecule has 3 rings (SSSR count). The van der Waals surface area contributed by atoms with E-state index in [1.165, 1.54) is 32.1 Å². The van der Waals surface area contributed by atoms with Gasteiger partial charge in [-0.25, -0.2) is 0 Å². The van der Waals surface area contributed by atoms with E-state index in [0.29, 0.717) is 17.2 Å². The van der Waals surface area contributed by atoms with Crippen LogP contribution in [0.3, 0.4) is 0 Å². The van der Waals surface area contributed by atoms with Gasteiger partial charge in [-0.3, -0.25) is 4.79 Å². The molecule has 1 aromatic carbocycles. The van der Waals surface area contributed by atoms with Gasteiger partial charge in [-0.2, -0.15) is 0 Å². The quantitative estimate of drug-likeness (QED) is 0.795. The molecule has 20 heavy (non-hydrogen) atoms. The number of benzene rings is 1. The Morgan fingerprint density at radius 1 is 1.20 bits per heavy atom. The van der Waals surface area contributed by atoms with Gasteiger partial charge in [0.1, 0.15) is 0 Å². The fourth-order valence-electron chi connectivity index (χ4n) is 3.64. The largest absolute Gasteiger partial charge is 0.398 e. The molecular formula is C16H21BrN2O. The number of fused-ring (bicyclic) bond motifs is 1. The Kier molecular flexibility index (Phi) is 4.01. The second-order valence-corrected chi connectivity index (χ2v) is 6.94. The highest BCUT2D eigenvalue weighted by Crippen LogP contribution is 2.36. The van der Waals surface area contributed by atoms with Crippen LogP contribution in [0.15, 0.2) is 22.7 Å². The number of anilines is 1. The number of hydrogen-bond acceptors (Lipinski definition) is 2. The molecule has 1 heterocycles. The van der Waals surface area contributed by atoms with Gasteiger partial charge in [0, 0.05) is 28.8 Å². The third kappa shape index (κ3) is 2.71. The fraction of sp³-hybridized carbons (Fsp3) is 0.562. The van der Waals surface area contributed by atoms with E-state index >= 15 is 0 Å². The molecule has 0 bridgehead atoms. The van der Waals surface area contributed by atoms with E-state index in [1.54, 1.807) is 6.07 Å². The maximum Gasteiger partial charge on any atom is 0.253 e. The van der Waals surface area contributed by atoms with Crippen LogP contribution in [-0.4, -0.2) is 23.9 Å². The van der Waals surface area contributed by atoms with Crippen LogP contribution in [0.2, 0.25) is 0 Å². The molecule has 1 aromatic rings. The molecular weight excluding hydrogens is 316 g/mol. The predicted octanol–water partition coefficient (Wildman–Crippen LogP) is 3.68. The van der Waals surface area contributed by atoms with Crippen molar-refractivity contribution in [2.75, 3.05) is 18.8 Å². The summed E-state index contributed by atoms with van der Waals surface area (Å²) in [5, 5.41) is 0. The van der Waals surface area contributed by atoms with E-state index in [0.717, 1.165) is 23.5 Å². The molecule has 1 saturated heterocycles. The van der Waals surface area contributed by atoms with Crippen LogP contribution in [0.5, 0.6) is 0 Å². The van der Waals surface area contributed by atoms with Crippen LogP contribution in [0.25, 0.3) is 0 Å². The van der Waals surface area contributed by atoms with Gasteiger partial charge in [0.05, 0.1) is 0 Å². The number of rotatable bonds is 1. The van der Waals surface area contributed by atoms with Gasteiger partial charge in [0.25, 0.3) is 5.91 Å². The molecule has 2 atom stereocenters. The summed E-state index contributed by atoms with van der Waals surface area (Å²) >= 11 is 3.37. The lowest BCUT2D eigenvalue weighted by Crippen LogP contribution is -2.44. The maximum atomic E-state index is 12.6. The number of carbonyl (C=O) groups is 1. The third-order valence-electron chi connectivity index (χ3n) is 4.82. The minimum absolute atomic E-state index is 0.133. The monoisotopic (exact) mass is 336 g/mol. The smallest absolute Gasteiger partial charge is 0.253 e. The molecule has 0 aromatic heterocycles. The number of halogens is 1. The van der Waals surface area contributed by atoms with E-state index in [1.807, 2.05) is 17.0 Å². The third-order valence-corrected chi connectivity index (χ3v) is 5.54. The zero-order valence-electron chi connectivity index (χ0n) is 11.6. The zero-order chi connectivity index (χ0) is 14.1. The van der Waals surface area contributed by atoms with Crippen LogP contribution >= 0.6 is 15.9 Å². The Balaban J connectivity index is 1.72. The first-order valence-electron chi connectivity index (χ1n) is 7.49. The summed E-state index contributed by atoms with van der Waals surface area (Å²) in [5.41, 5.74) is 7.21. The predicted molar refractivity (Wildman–Crippen MR) is 84.5 cm³/mol. The highest BCUT2D eigenvalue weighted by atomic mass is 79.9. The van der Waals surface area contributed by atoms with Gasteiger partial charge in [-0.1, -0.05) is 19.3 Å². The van der Waals surface area contributed by atoms with Crippen LogP contribution in [0.4, 0.5) is 5.69 Å². The number of nitrogens with zero attached hydrogens (tertiary/aromatic N) is 1. The van der Waals surface area contributed by atoms with Crippen molar-refractivity contribution in [2.45, 2.75) is 32.1 Å². The first-order chi connectivity index (χ1) is 9.65. The molecule has 3 nitrogen and oxygen atoms in total. The number of hydrogen-bond donors (Lipinski definition) is 1. The number of likely N-dealkylation sites (tertiary alicyclic amines) is 1. The summed E-state index contributed by atoms with van der Waals surface area (Å²) < 4.78 is 0.847. The topological polar surface area (TPSA) is 46.3 Å². The molecule has 2 aliphatic rings. The Morgan fingerprint density at radius 2 is 1.95 bits per heavy atom. The van der Waals surface area contributed by atoms with E-state index in [4.69, 9.17) is 5.73 Å². The molecule has 1 amide bonds. The van der Waals surface area contributed by atoms with E-state index in [9.17, 15) is 4.79 Å². The Morgan fingerprint density at radius 3 is 2.70 bits per heavy atom. The molecule has 1 aliphatic carbocycles. The minimum atomic E-state index is 0.133. The van der Waals surface area contributed by atoms with Crippen molar-refractivity contribution in [3.8, 4) is 0 Å². The fourth-order valence-corrected chi connectivity index (χ4v) is 3.89. The van der Waals surface area contributed by atoms with E-state index < -0.39 is 0 Å². The lowest BCUT2D eigenvalue weighted by molar-refractivity contribution is 0.0521. The number of carbonyl (C=O) groups excluding carboxylic acids is 1. The van der Waals surface area contributed by atoms with Crippen LogP contribution in [0, 0.1) is 11.8 Å². The molecule has 2 fully saturated rings. The SMILES string of the molecule is Nc1cc(C(=O)N2CCC3CCCCC3C2)ccc1Br. The molecule has 2 N–H and O–H groups in total. The standard InChI is InChI=1S/C16H21BrN2O/c17-14-6-5-12(9-15(14)18)16(20)19-8-7-11-3-1-2-4-13(11)10-19/h5-6,9,11,13H,1-4,7-8,10,18H2. The zero-order valence-corrected chi connectivity index (χ0v) is 13.2. The number of nitrogen functional groups attached to an aromatic ring is 1. The highest BCUT2D eigenvalue weighted by molar-refractivity contribution is 9.10. The van der Waals surface area contributed by atoms with Crippen molar-refractivity contribution >= 4 is 27.5 Å². The molecule has 4 heteroatoms. The van der Waals surface area contributed by atoms with Gasteiger partial charge in [0.2, 0.25) is 0 Å². The first kappa shape index (κ1) is 13.9. The van der Waals surface area contributed by atoms with Crippen molar-refractivity contribution in [3.63, 3.8) is 0 Å². The summed E-state index contributed by atoms with van der Waals surface area (Å²) in [5.74, 6) is 1.70. The Hall–Kier alpha value is -1.03. The number of piperidine rings is 1. The summed E-state index contributed by atoms with van der Waals surface area (Å²) in [4.78, 5) is 14.6. The normalized spacial score (nSPS) is 26.1. The van der Waals surface area contributed by atoms with E-state index in [2.05, 4.69) is 15.9 Å². The summed E-state index contributed by atoms with van der Waals surface area (Å²) in [6, 6.07) is 5.49. The van der Waals surface area contributed by atoms with Gasteiger partial charge in [0.15, 0.2) is 0 Å². The minimum Gasteiger partial charge on any atom is -0.398 e. The van der Waals surface area contributed by atoms with Gasteiger partial charge < -0.3 is 10.6 Å². The Bertz CT molecular complexity index is 517. The van der Waals surface area contributed by atoms with Gasteiger partial charge in [-0.15, -0.1) is 0 Å². The van der Waals surface area contributed by atoms with E-state index in [-0.39, 0.29) is 5.91 Å². The average molecular weight is 337 g/mol. The van der Waals surface area contributed by atoms with Crippen molar-refractivity contribution in [3.05, 3.63) is 28.2 Å². The summed E-state index contributed by atoms with van der Waals surface area (Å²) in [7, 11) is 0. The molecule has 108 valence electrons. The first-order valence-corrected chi connectivity index (χ1v) is 8.29. The average Bonchev–Trinajstić information content (AvgIpc) is 2.49. The second kappa shape index (κ2) is 5.76. The molecule has 2 unspecified atom stereocenters. The second-order valence-electron chi connectivity index (χ2n) is 6.08. The van der Waals surface area contributed by atoms with Crippen LogP contribution < -0.4 is 5.73 Å². The van der Waals surface area contributed by atoms with Gasteiger partial charge >= 0.3 is 0 Å². The van der Waals surface area contributed by atoms with Crippen molar-refractivity contribution in [1.29, 1.82) is 0 Å². The molecule has 0 spiro atoms. The van der Waals surface area contributed by atoms with Gasteiger partial charge in [-0.05, 0) is 58.8 Å². The molecule has 0 radical (unpaired) electrons. The van der Waals surface area contributed by atoms with Crippen molar-refractivity contribution in [1.82, 2.24) is 4.90 Å². The lowest BCUT2D eigenvalue weighted by Gasteiger charge is -2.41. The summed E-state index contributed by atoms with van der Waals surface area (Å²) in [6.07, 6.45) is 6.52. The van der Waals surface area contributed by atoms with Crippen LogP contribution in [-0.2, 0) is 0 Å². The summed E-state index contributed by atoms with van der Waals surface area (Å²) in [6.45, 7) is 1.83.